The van der Waals surface area contributed by atoms with E-state index < -0.39 is 0 Å². The summed E-state index contributed by atoms with van der Waals surface area (Å²) >= 11 is 5.58. The van der Waals surface area contributed by atoms with Crippen LogP contribution in [0, 0.1) is 0 Å². The topological polar surface area (TPSA) is 54.9 Å². The van der Waals surface area contributed by atoms with Gasteiger partial charge in [0.25, 0.3) is 0 Å². The third-order valence-corrected chi connectivity index (χ3v) is 1.41. The zero-order valence-corrected chi connectivity index (χ0v) is 7.58. The Kier molecular flexibility index (Phi) is 3.40. The lowest BCUT2D eigenvalue weighted by Gasteiger charge is -2.00. The Morgan fingerprint density at radius 3 is 3.15 bits per heavy atom. The molecule has 0 unspecified atom stereocenters. The van der Waals surface area contributed by atoms with E-state index in [1.165, 1.54) is 18.3 Å². The van der Waals surface area contributed by atoms with Gasteiger partial charge in [-0.3, -0.25) is 10.1 Å². The monoisotopic (exact) mass is 197 g/mol. The van der Waals surface area contributed by atoms with Gasteiger partial charge in [-0.2, -0.15) is 0 Å². The molecule has 1 N–H and O–H groups in total. The number of hydrogen-bond donors (Lipinski definition) is 1. The SMILES string of the molecule is C=CCC(=O)Nc1nccc(Cl)n1. The molecule has 68 valence electrons. The molecule has 1 rings (SSSR count). The van der Waals surface area contributed by atoms with Crippen molar-refractivity contribution in [1.29, 1.82) is 0 Å². The molecular weight excluding hydrogens is 190 g/mol. The molecule has 0 saturated heterocycles. The fourth-order valence-corrected chi connectivity index (χ4v) is 0.840. The summed E-state index contributed by atoms with van der Waals surface area (Å²) in [5.74, 6) is -0.00313. The zero-order chi connectivity index (χ0) is 9.68. The summed E-state index contributed by atoms with van der Waals surface area (Å²) < 4.78 is 0. The van der Waals surface area contributed by atoms with E-state index in [1.54, 1.807) is 0 Å². The molecule has 0 aliphatic carbocycles. The standard InChI is InChI=1S/C8H8ClN3O/c1-2-3-7(13)12-8-10-5-4-6(9)11-8/h2,4-5H,1,3H2,(H,10,11,12,13). The first-order valence-electron chi connectivity index (χ1n) is 3.61. The van der Waals surface area contributed by atoms with Gasteiger partial charge in [-0.1, -0.05) is 17.7 Å². The first kappa shape index (κ1) is 9.67. The maximum Gasteiger partial charge on any atom is 0.230 e. The molecule has 1 heterocycles. The number of anilines is 1. The van der Waals surface area contributed by atoms with Gasteiger partial charge in [0.1, 0.15) is 5.15 Å². The summed E-state index contributed by atoms with van der Waals surface area (Å²) in [4.78, 5) is 18.6. The Bertz CT molecular complexity index is 327. The molecule has 0 bridgehead atoms. The van der Waals surface area contributed by atoms with Crippen LogP contribution >= 0.6 is 11.6 Å². The number of carbonyl (C=O) groups is 1. The summed E-state index contributed by atoms with van der Waals surface area (Å²) in [6.07, 6.45) is 3.20. The van der Waals surface area contributed by atoms with Crippen molar-refractivity contribution in [1.82, 2.24) is 9.97 Å². The molecule has 0 spiro atoms. The average molecular weight is 198 g/mol. The highest BCUT2D eigenvalue weighted by molar-refractivity contribution is 6.29. The number of nitrogens with zero attached hydrogens (tertiary/aromatic N) is 2. The first-order valence-corrected chi connectivity index (χ1v) is 3.99. The molecule has 13 heavy (non-hydrogen) atoms. The number of nitrogens with one attached hydrogen (secondary N) is 1. The summed E-state index contributed by atoms with van der Waals surface area (Å²) in [7, 11) is 0. The second-order valence-corrected chi connectivity index (χ2v) is 2.63. The summed E-state index contributed by atoms with van der Waals surface area (Å²) in [5.41, 5.74) is 0. The molecule has 1 aromatic heterocycles. The van der Waals surface area contributed by atoms with Crippen molar-refractivity contribution in [3.63, 3.8) is 0 Å². The minimum atomic E-state index is -0.211. The second kappa shape index (κ2) is 4.57. The Balaban J connectivity index is 2.63. The predicted octanol–water partition coefficient (Wildman–Crippen LogP) is 1.64. The Morgan fingerprint density at radius 2 is 2.54 bits per heavy atom. The van der Waals surface area contributed by atoms with E-state index in [1.807, 2.05) is 0 Å². The largest absolute Gasteiger partial charge is 0.294 e. The summed E-state index contributed by atoms with van der Waals surface area (Å²) in [5, 5.41) is 2.76. The van der Waals surface area contributed by atoms with Gasteiger partial charge in [-0.15, -0.1) is 6.58 Å². The molecule has 0 saturated carbocycles. The molecule has 1 amide bonds. The molecule has 4 nitrogen and oxygen atoms in total. The lowest BCUT2D eigenvalue weighted by atomic mass is 10.4. The van der Waals surface area contributed by atoms with Crippen LogP contribution < -0.4 is 5.32 Å². The van der Waals surface area contributed by atoms with Crippen LogP contribution in [-0.4, -0.2) is 15.9 Å². The zero-order valence-electron chi connectivity index (χ0n) is 6.83. The third-order valence-electron chi connectivity index (χ3n) is 1.20. The van der Waals surface area contributed by atoms with Gasteiger partial charge in [-0.05, 0) is 6.07 Å². The highest BCUT2D eigenvalue weighted by Gasteiger charge is 2.01. The fourth-order valence-electron chi connectivity index (χ4n) is 0.704. The predicted molar refractivity (Wildman–Crippen MR) is 50.5 cm³/mol. The maximum atomic E-state index is 11.0. The van der Waals surface area contributed by atoms with Gasteiger partial charge in [-0.25, -0.2) is 9.97 Å². The second-order valence-electron chi connectivity index (χ2n) is 2.24. The first-order chi connectivity index (χ1) is 6.22. The molecule has 1 aromatic rings. The number of halogens is 1. The summed E-state index contributed by atoms with van der Waals surface area (Å²) in [6.45, 7) is 3.43. The van der Waals surface area contributed by atoms with Crippen LogP contribution in [0.2, 0.25) is 5.15 Å². The molecule has 0 fully saturated rings. The van der Waals surface area contributed by atoms with Crippen molar-refractivity contribution in [3.8, 4) is 0 Å². The van der Waals surface area contributed by atoms with Crippen molar-refractivity contribution in [3.05, 3.63) is 30.1 Å². The number of carbonyl (C=O) groups excluding carboxylic acids is 1. The maximum absolute atomic E-state index is 11.0. The van der Waals surface area contributed by atoms with Gasteiger partial charge in [0, 0.05) is 12.6 Å². The number of rotatable bonds is 3. The van der Waals surface area contributed by atoms with Gasteiger partial charge in [0.2, 0.25) is 11.9 Å². The van der Waals surface area contributed by atoms with E-state index in [9.17, 15) is 4.79 Å². The molecule has 0 aromatic carbocycles. The number of aromatic nitrogens is 2. The van der Waals surface area contributed by atoms with Crippen molar-refractivity contribution >= 4 is 23.5 Å². The van der Waals surface area contributed by atoms with Gasteiger partial charge < -0.3 is 0 Å². The van der Waals surface area contributed by atoms with Crippen LogP contribution in [0.15, 0.2) is 24.9 Å². The average Bonchev–Trinajstić information content (AvgIpc) is 2.04. The van der Waals surface area contributed by atoms with Gasteiger partial charge in [0.05, 0.1) is 0 Å². The van der Waals surface area contributed by atoms with Crippen LogP contribution in [-0.2, 0) is 4.79 Å². The van der Waals surface area contributed by atoms with Crippen LogP contribution in [0.25, 0.3) is 0 Å². The number of hydrogen-bond acceptors (Lipinski definition) is 3. The third kappa shape index (κ3) is 3.21. The van der Waals surface area contributed by atoms with E-state index in [0.29, 0.717) is 5.15 Å². The fraction of sp³-hybridized carbons (Fsp3) is 0.125. The van der Waals surface area contributed by atoms with Crippen molar-refractivity contribution < 1.29 is 4.79 Å². The highest BCUT2D eigenvalue weighted by Crippen LogP contribution is 2.05. The van der Waals surface area contributed by atoms with Crippen LogP contribution in [0.5, 0.6) is 0 Å². The summed E-state index contributed by atoms with van der Waals surface area (Å²) in [6, 6.07) is 1.53. The smallest absolute Gasteiger partial charge is 0.230 e. The van der Waals surface area contributed by atoms with E-state index in [4.69, 9.17) is 11.6 Å². The van der Waals surface area contributed by atoms with Gasteiger partial charge >= 0.3 is 0 Å². The van der Waals surface area contributed by atoms with Crippen LogP contribution in [0.4, 0.5) is 5.95 Å². The number of amides is 1. The lowest BCUT2D eigenvalue weighted by Crippen LogP contribution is -2.12. The van der Waals surface area contributed by atoms with E-state index in [2.05, 4.69) is 21.9 Å². The van der Waals surface area contributed by atoms with Crippen molar-refractivity contribution in [2.75, 3.05) is 5.32 Å². The Hall–Kier alpha value is -1.42. The molecule has 5 heteroatoms. The van der Waals surface area contributed by atoms with Crippen LogP contribution in [0.1, 0.15) is 6.42 Å². The van der Waals surface area contributed by atoms with Crippen molar-refractivity contribution in [2.24, 2.45) is 0 Å². The van der Waals surface area contributed by atoms with Gasteiger partial charge in [0.15, 0.2) is 0 Å². The Morgan fingerprint density at radius 1 is 1.77 bits per heavy atom. The quantitative estimate of drug-likeness (QED) is 0.592. The van der Waals surface area contributed by atoms with E-state index in [0.717, 1.165) is 0 Å². The normalized spacial score (nSPS) is 9.31. The molecule has 0 aliphatic rings. The minimum absolute atomic E-state index is 0.208. The molecule has 0 atom stereocenters. The highest BCUT2D eigenvalue weighted by atomic mass is 35.5. The molecular formula is C8H8ClN3O. The minimum Gasteiger partial charge on any atom is -0.294 e. The van der Waals surface area contributed by atoms with Crippen LogP contribution in [0.3, 0.4) is 0 Å². The van der Waals surface area contributed by atoms with E-state index >= 15 is 0 Å². The van der Waals surface area contributed by atoms with Crippen molar-refractivity contribution in [2.45, 2.75) is 6.42 Å². The Labute approximate surface area is 80.7 Å². The lowest BCUT2D eigenvalue weighted by molar-refractivity contribution is -0.115. The molecule has 0 aliphatic heterocycles. The van der Waals surface area contributed by atoms with E-state index in [-0.39, 0.29) is 18.3 Å². The molecule has 0 radical (unpaired) electrons.